The van der Waals surface area contributed by atoms with Crippen LogP contribution in [0.1, 0.15) is 5.56 Å². The molecule has 0 aliphatic carbocycles. The van der Waals surface area contributed by atoms with Crippen LogP contribution in [0.15, 0.2) is 54.6 Å². The van der Waals surface area contributed by atoms with Crippen molar-refractivity contribution < 1.29 is 14.3 Å². The van der Waals surface area contributed by atoms with E-state index in [9.17, 15) is 9.59 Å². The van der Waals surface area contributed by atoms with E-state index in [-0.39, 0.29) is 18.5 Å². The summed E-state index contributed by atoms with van der Waals surface area (Å²) in [4.78, 5) is 24.8. The third-order valence-electron chi connectivity index (χ3n) is 3.27. The molecule has 0 bridgehead atoms. The van der Waals surface area contributed by atoms with Crippen LogP contribution in [0.25, 0.3) is 0 Å². The molecule has 24 heavy (non-hydrogen) atoms. The lowest BCUT2D eigenvalue weighted by Gasteiger charge is -2.12. The number of urea groups is 1. The Morgan fingerprint density at radius 3 is 2.29 bits per heavy atom. The van der Waals surface area contributed by atoms with Gasteiger partial charge in [-0.2, -0.15) is 0 Å². The van der Waals surface area contributed by atoms with E-state index >= 15 is 0 Å². The number of benzene rings is 2. The summed E-state index contributed by atoms with van der Waals surface area (Å²) in [6.45, 7) is 0.442. The Morgan fingerprint density at radius 1 is 1.00 bits per heavy atom. The number of rotatable bonds is 6. The van der Waals surface area contributed by atoms with Crippen LogP contribution in [0, 0.1) is 0 Å². The largest absolute Gasteiger partial charge is 0.484 e. The van der Waals surface area contributed by atoms with Gasteiger partial charge in [0, 0.05) is 26.3 Å². The van der Waals surface area contributed by atoms with Crippen LogP contribution >= 0.6 is 0 Å². The van der Waals surface area contributed by atoms with E-state index < -0.39 is 0 Å². The van der Waals surface area contributed by atoms with E-state index in [2.05, 4.69) is 10.6 Å². The van der Waals surface area contributed by atoms with Gasteiger partial charge in [-0.25, -0.2) is 4.79 Å². The van der Waals surface area contributed by atoms with Crippen LogP contribution in [0.4, 0.5) is 10.5 Å². The molecular weight excluding hydrogens is 306 g/mol. The highest BCUT2D eigenvalue weighted by molar-refractivity contribution is 5.89. The van der Waals surface area contributed by atoms with Crippen molar-refractivity contribution in [3.63, 3.8) is 0 Å². The Balaban J connectivity index is 1.78. The fourth-order valence-corrected chi connectivity index (χ4v) is 1.86. The molecule has 0 aliphatic rings. The molecule has 6 nitrogen and oxygen atoms in total. The van der Waals surface area contributed by atoms with Crippen molar-refractivity contribution in [3.8, 4) is 5.75 Å². The van der Waals surface area contributed by atoms with Crippen LogP contribution in [-0.4, -0.2) is 37.5 Å². The minimum absolute atomic E-state index is 0.0165. The van der Waals surface area contributed by atoms with Gasteiger partial charge >= 0.3 is 6.03 Å². The van der Waals surface area contributed by atoms with Gasteiger partial charge in [-0.1, -0.05) is 30.3 Å². The smallest absolute Gasteiger partial charge is 0.319 e. The van der Waals surface area contributed by atoms with Gasteiger partial charge in [0.2, 0.25) is 0 Å². The van der Waals surface area contributed by atoms with Crippen molar-refractivity contribution in [2.24, 2.45) is 0 Å². The lowest BCUT2D eigenvalue weighted by atomic mass is 10.2. The van der Waals surface area contributed by atoms with Crippen LogP contribution in [-0.2, 0) is 11.3 Å². The van der Waals surface area contributed by atoms with Crippen molar-refractivity contribution in [1.29, 1.82) is 0 Å². The quantitative estimate of drug-likeness (QED) is 0.856. The molecule has 0 fully saturated rings. The summed E-state index contributed by atoms with van der Waals surface area (Å²) >= 11 is 0. The summed E-state index contributed by atoms with van der Waals surface area (Å²) in [5.41, 5.74) is 1.67. The van der Waals surface area contributed by atoms with Gasteiger partial charge in [-0.3, -0.25) is 4.79 Å². The van der Waals surface area contributed by atoms with Crippen molar-refractivity contribution in [2.75, 3.05) is 26.0 Å². The maximum atomic E-state index is 11.9. The topological polar surface area (TPSA) is 70.7 Å². The maximum absolute atomic E-state index is 11.9. The first kappa shape index (κ1) is 17.3. The van der Waals surface area contributed by atoms with Gasteiger partial charge in [-0.05, 0) is 29.8 Å². The minimum Gasteiger partial charge on any atom is -0.484 e. The number of ether oxygens (including phenoxy) is 1. The molecule has 2 aromatic carbocycles. The summed E-state index contributed by atoms with van der Waals surface area (Å²) < 4.78 is 5.37. The number of hydrogen-bond acceptors (Lipinski definition) is 3. The van der Waals surface area contributed by atoms with Crippen LogP contribution in [0.2, 0.25) is 0 Å². The predicted molar refractivity (Wildman–Crippen MR) is 92.9 cm³/mol. The molecule has 2 aromatic rings. The lowest BCUT2D eigenvalue weighted by molar-refractivity contribution is -0.130. The highest BCUT2D eigenvalue weighted by atomic mass is 16.5. The van der Waals surface area contributed by atoms with Crippen molar-refractivity contribution in [3.05, 3.63) is 60.2 Å². The SMILES string of the molecule is CN(C)C(=O)COc1ccc(NC(=O)NCc2ccccc2)cc1. The van der Waals surface area contributed by atoms with E-state index in [1.807, 2.05) is 30.3 Å². The monoisotopic (exact) mass is 327 g/mol. The molecule has 0 aliphatic heterocycles. The van der Waals surface area contributed by atoms with Gasteiger partial charge < -0.3 is 20.3 Å². The minimum atomic E-state index is -0.282. The first-order valence-electron chi connectivity index (χ1n) is 7.56. The third kappa shape index (κ3) is 5.64. The highest BCUT2D eigenvalue weighted by Gasteiger charge is 2.05. The van der Waals surface area contributed by atoms with Crippen LogP contribution in [0.3, 0.4) is 0 Å². The van der Waals surface area contributed by atoms with E-state index in [0.29, 0.717) is 18.0 Å². The van der Waals surface area contributed by atoms with Crippen molar-refractivity contribution >= 4 is 17.6 Å². The number of carbonyl (C=O) groups is 2. The molecule has 126 valence electrons. The summed E-state index contributed by atoms with van der Waals surface area (Å²) in [6, 6.07) is 16.2. The molecule has 0 saturated carbocycles. The lowest BCUT2D eigenvalue weighted by Crippen LogP contribution is -2.28. The number of anilines is 1. The predicted octanol–water partition coefficient (Wildman–Crippen LogP) is 2.48. The van der Waals surface area contributed by atoms with E-state index in [0.717, 1.165) is 5.56 Å². The molecular formula is C18H21N3O3. The molecule has 6 heteroatoms. The second kappa shape index (κ2) is 8.57. The van der Waals surface area contributed by atoms with Gasteiger partial charge in [0.15, 0.2) is 6.61 Å². The maximum Gasteiger partial charge on any atom is 0.319 e. The molecule has 0 heterocycles. The Morgan fingerprint density at radius 2 is 1.67 bits per heavy atom. The molecule has 3 amide bonds. The number of carbonyl (C=O) groups excluding carboxylic acids is 2. The van der Waals surface area contributed by atoms with E-state index in [1.54, 1.807) is 38.4 Å². The number of amides is 3. The van der Waals surface area contributed by atoms with E-state index in [1.165, 1.54) is 4.90 Å². The number of nitrogens with one attached hydrogen (secondary N) is 2. The normalized spacial score (nSPS) is 9.92. The number of hydrogen-bond donors (Lipinski definition) is 2. The Kier molecular flexibility index (Phi) is 6.19. The molecule has 0 spiro atoms. The zero-order valence-corrected chi connectivity index (χ0v) is 13.8. The average molecular weight is 327 g/mol. The van der Waals surface area contributed by atoms with Gasteiger partial charge in [0.1, 0.15) is 5.75 Å². The molecule has 0 radical (unpaired) electrons. The van der Waals surface area contributed by atoms with Crippen LogP contribution < -0.4 is 15.4 Å². The Hall–Kier alpha value is -3.02. The van der Waals surface area contributed by atoms with Crippen molar-refractivity contribution in [1.82, 2.24) is 10.2 Å². The standard InChI is InChI=1S/C18H21N3O3/c1-21(2)17(22)13-24-16-10-8-15(9-11-16)20-18(23)19-12-14-6-4-3-5-7-14/h3-11H,12-13H2,1-2H3,(H2,19,20,23). The second-order valence-corrected chi connectivity index (χ2v) is 5.39. The number of likely N-dealkylation sites (N-methyl/N-ethyl adjacent to an activating group) is 1. The molecule has 2 rings (SSSR count). The summed E-state index contributed by atoms with van der Waals surface area (Å²) in [7, 11) is 3.35. The fraction of sp³-hybridized carbons (Fsp3) is 0.222. The highest BCUT2D eigenvalue weighted by Crippen LogP contribution is 2.15. The Bertz CT molecular complexity index is 670. The van der Waals surface area contributed by atoms with Gasteiger partial charge in [-0.15, -0.1) is 0 Å². The van der Waals surface area contributed by atoms with E-state index in [4.69, 9.17) is 4.74 Å². The zero-order chi connectivity index (χ0) is 17.4. The molecule has 0 unspecified atom stereocenters. The molecule has 2 N–H and O–H groups in total. The first-order chi connectivity index (χ1) is 11.5. The van der Waals surface area contributed by atoms with Crippen LogP contribution in [0.5, 0.6) is 5.75 Å². The molecule has 0 atom stereocenters. The Labute approximate surface area is 141 Å². The third-order valence-corrected chi connectivity index (χ3v) is 3.27. The zero-order valence-electron chi connectivity index (χ0n) is 13.8. The molecule has 0 saturated heterocycles. The first-order valence-corrected chi connectivity index (χ1v) is 7.56. The number of nitrogens with zero attached hydrogens (tertiary/aromatic N) is 1. The van der Waals surface area contributed by atoms with Gasteiger partial charge in [0.05, 0.1) is 0 Å². The second-order valence-electron chi connectivity index (χ2n) is 5.39. The van der Waals surface area contributed by atoms with Crippen molar-refractivity contribution in [2.45, 2.75) is 6.54 Å². The van der Waals surface area contributed by atoms with Gasteiger partial charge in [0.25, 0.3) is 5.91 Å². The average Bonchev–Trinajstić information content (AvgIpc) is 2.60. The summed E-state index contributed by atoms with van der Waals surface area (Å²) in [5, 5.41) is 5.52. The fourth-order valence-electron chi connectivity index (χ4n) is 1.86. The summed E-state index contributed by atoms with van der Waals surface area (Å²) in [5.74, 6) is 0.456. The molecule has 0 aromatic heterocycles. The summed E-state index contributed by atoms with van der Waals surface area (Å²) in [6.07, 6.45) is 0.